The fraction of sp³-hybridized carbons (Fsp3) is 0.526. The van der Waals surface area contributed by atoms with Crippen molar-refractivity contribution in [3.05, 3.63) is 29.8 Å². The van der Waals surface area contributed by atoms with E-state index in [0.717, 1.165) is 18.5 Å². The van der Waals surface area contributed by atoms with Gasteiger partial charge in [-0.2, -0.15) is 0 Å². The van der Waals surface area contributed by atoms with E-state index in [1.807, 2.05) is 43.0 Å². The van der Waals surface area contributed by atoms with Crippen LogP contribution in [0.5, 0.6) is 0 Å². The van der Waals surface area contributed by atoms with E-state index < -0.39 is 0 Å². The fourth-order valence-corrected chi connectivity index (χ4v) is 3.74. The first kappa shape index (κ1) is 16.1. The molecule has 1 aliphatic carbocycles. The summed E-state index contributed by atoms with van der Waals surface area (Å²) in [6, 6.07) is 8.10. The van der Waals surface area contributed by atoms with Crippen LogP contribution in [0.2, 0.25) is 0 Å². The fourth-order valence-electron chi connectivity index (χ4n) is 3.74. The summed E-state index contributed by atoms with van der Waals surface area (Å²) in [6.07, 6.45) is 3.64. The Kier molecular flexibility index (Phi) is 3.78. The van der Waals surface area contributed by atoms with Crippen molar-refractivity contribution in [2.24, 2.45) is 5.41 Å². The molecule has 2 atom stereocenters. The highest BCUT2D eigenvalue weighted by Gasteiger charge is 2.52. The second-order valence-electron chi connectivity index (χ2n) is 7.66. The normalized spacial score (nSPS) is 22.2. The summed E-state index contributed by atoms with van der Waals surface area (Å²) in [4.78, 5) is 14.8. The zero-order valence-electron chi connectivity index (χ0n) is 15.0. The molecule has 1 aromatic heterocycles. The SMILES string of the molecule is Cc1ccc(-c2nnc(N[C@H](C)C(=O)N3CC4(CC4)C[C@H]3C)o2)cc1. The summed E-state index contributed by atoms with van der Waals surface area (Å²) < 4.78 is 5.67. The third-order valence-electron chi connectivity index (χ3n) is 5.44. The van der Waals surface area contributed by atoms with Crippen LogP contribution >= 0.6 is 0 Å². The second kappa shape index (κ2) is 5.86. The number of nitrogens with zero attached hydrogens (tertiary/aromatic N) is 3. The Morgan fingerprint density at radius 3 is 2.68 bits per heavy atom. The number of anilines is 1. The number of nitrogens with one attached hydrogen (secondary N) is 1. The molecule has 132 valence electrons. The van der Waals surface area contributed by atoms with Crippen molar-refractivity contribution in [3.63, 3.8) is 0 Å². The molecule has 0 unspecified atom stereocenters. The summed E-state index contributed by atoms with van der Waals surface area (Å²) >= 11 is 0. The molecule has 1 aliphatic heterocycles. The lowest BCUT2D eigenvalue weighted by atomic mass is 10.0. The first-order valence-electron chi connectivity index (χ1n) is 8.93. The van der Waals surface area contributed by atoms with Gasteiger partial charge in [-0.1, -0.05) is 22.8 Å². The molecule has 6 heteroatoms. The number of hydrogen-bond acceptors (Lipinski definition) is 5. The summed E-state index contributed by atoms with van der Waals surface area (Å²) in [7, 11) is 0. The summed E-state index contributed by atoms with van der Waals surface area (Å²) in [5, 5.41) is 11.2. The van der Waals surface area contributed by atoms with Crippen molar-refractivity contribution in [2.45, 2.75) is 52.1 Å². The molecular weight excluding hydrogens is 316 g/mol. The number of carbonyl (C=O) groups is 1. The first-order valence-corrected chi connectivity index (χ1v) is 8.93. The van der Waals surface area contributed by atoms with E-state index in [1.54, 1.807) is 0 Å². The summed E-state index contributed by atoms with van der Waals surface area (Å²) in [5.74, 6) is 0.556. The molecule has 1 N–H and O–H groups in total. The third kappa shape index (κ3) is 3.13. The van der Waals surface area contributed by atoms with Crippen LogP contribution in [0.25, 0.3) is 11.5 Å². The molecular formula is C19H24N4O2. The van der Waals surface area contributed by atoms with Crippen LogP contribution in [-0.2, 0) is 4.79 Å². The number of aryl methyl sites for hydroxylation is 1. The number of rotatable bonds is 4. The zero-order valence-corrected chi connectivity index (χ0v) is 15.0. The minimum absolute atomic E-state index is 0.103. The number of likely N-dealkylation sites (tertiary alicyclic amines) is 1. The summed E-state index contributed by atoms with van der Waals surface area (Å²) in [6.45, 7) is 6.91. The van der Waals surface area contributed by atoms with Gasteiger partial charge in [-0.15, -0.1) is 5.10 Å². The number of amides is 1. The van der Waals surface area contributed by atoms with Gasteiger partial charge in [0.1, 0.15) is 6.04 Å². The Hall–Kier alpha value is -2.37. The van der Waals surface area contributed by atoms with Gasteiger partial charge in [0.05, 0.1) is 0 Å². The molecule has 0 radical (unpaired) electrons. The largest absolute Gasteiger partial charge is 0.403 e. The molecule has 1 amide bonds. The molecule has 1 spiro atoms. The molecule has 4 rings (SSSR count). The number of hydrogen-bond donors (Lipinski definition) is 1. The van der Waals surface area contributed by atoms with Crippen molar-refractivity contribution in [2.75, 3.05) is 11.9 Å². The Balaban J connectivity index is 1.42. The third-order valence-corrected chi connectivity index (χ3v) is 5.44. The van der Waals surface area contributed by atoms with E-state index in [4.69, 9.17) is 4.42 Å². The van der Waals surface area contributed by atoms with Crippen LogP contribution in [0.1, 0.15) is 38.7 Å². The van der Waals surface area contributed by atoms with Gasteiger partial charge in [-0.05, 0) is 57.6 Å². The van der Waals surface area contributed by atoms with E-state index in [9.17, 15) is 4.79 Å². The van der Waals surface area contributed by atoms with Gasteiger partial charge in [-0.3, -0.25) is 4.79 Å². The zero-order chi connectivity index (χ0) is 17.6. The van der Waals surface area contributed by atoms with Crippen LogP contribution in [-0.4, -0.2) is 39.6 Å². The van der Waals surface area contributed by atoms with Crippen LogP contribution in [0.3, 0.4) is 0 Å². The molecule has 2 heterocycles. The standard InChI is InChI=1S/C19H24N4O2/c1-12-4-6-15(7-5-12)16-21-22-18(25-16)20-14(3)17(24)23-11-19(8-9-19)10-13(23)2/h4-7,13-14H,8-11H2,1-3H3,(H,20,22)/t13-,14-/m1/s1. The molecule has 1 aromatic carbocycles. The van der Waals surface area contributed by atoms with Crippen LogP contribution in [0.15, 0.2) is 28.7 Å². The molecule has 1 saturated heterocycles. The average Bonchev–Trinajstić information content (AvgIpc) is 3.03. The van der Waals surface area contributed by atoms with Gasteiger partial charge < -0.3 is 14.6 Å². The minimum atomic E-state index is -0.386. The van der Waals surface area contributed by atoms with Gasteiger partial charge in [0.25, 0.3) is 0 Å². The van der Waals surface area contributed by atoms with Crippen LogP contribution in [0, 0.1) is 12.3 Å². The van der Waals surface area contributed by atoms with E-state index >= 15 is 0 Å². The van der Waals surface area contributed by atoms with Crippen molar-refractivity contribution < 1.29 is 9.21 Å². The monoisotopic (exact) mass is 340 g/mol. The Morgan fingerprint density at radius 1 is 1.32 bits per heavy atom. The quantitative estimate of drug-likeness (QED) is 0.925. The first-order chi connectivity index (χ1) is 12.0. The van der Waals surface area contributed by atoms with Crippen molar-refractivity contribution in [1.82, 2.24) is 15.1 Å². The Bertz CT molecular complexity index is 779. The predicted molar refractivity (Wildman–Crippen MR) is 95.0 cm³/mol. The molecule has 25 heavy (non-hydrogen) atoms. The maximum absolute atomic E-state index is 12.8. The highest BCUT2D eigenvalue weighted by atomic mass is 16.4. The maximum atomic E-state index is 12.8. The highest BCUT2D eigenvalue weighted by molar-refractivity contribution is 5.84. The van der Waals surface area contributed by atoms with Gasteiger partial charge in [0, 0.05) is 18.2 Å². The minimum Gasteiger partial charge on any atom is -0.403 e. The van der Waals surface area contributed by atoms with Crippen LogP contribution in [0.4, 0.5) is 6.01 Å². The molecule has 2 aliphatic rings. The number of aromatic nitrogens is 2. The predicted octanol–water partition coefficient (Wildman–Crippen LogP) is 3.25. The van der Waals surface area contributed by atoms with Gasteiger partial charge in [-0.25, -0.2) is 0 Å². The highest BCUT2D eigenvalue weighted by Crippen LogP contribution is 2.54. The Labute approximate surface area is 147 Å². The van der Waals surface area contributed by atoms with Crippen molar-refractivity contribution >= 4 is 11.9 Å². The second-order valence-corrected chi connectivity index (χ2v) is 7.66. The van der Waals surface area contributed by atoms with Gasteiger partial charge in [0.2, 0.25) is 11.8 Å². The Morgan fingerprint density at radius 2 is 2.04 bits per heavy atom. The van der Waals surface area contributed by atoms with Crippen molar-refractivity contribution in [1.29, 1.82) is 0 Å². The molecule has 6 nitrogen and oxygen atoms in total. The topological polar surface area (TPSA) is 71.3 Å². The molecule has 2 aromatic rings. The number of benzene rings is 1. The smallest absolute Gasteiger partial charge is 0.316 e. The molecule has 2 fully saturated rings. The van der Waals surface area contributed by atoms with E-state index in [2.05, 4.69) is 22.4 Å². The lowest BCUT2D eigenvalue weighted by Gasteiger charge is -2.25. The average molecular weight is 340 g/mol. The van der Waals surface area contributed by atoms with Crippen LogP contribution < -0.4 is 5.32 Å². The summed E-state index contributed by atoms with van der Waals surface area (Å²) in [5.41, 5.74) is 2.46. The van der Waals surface area contributed by atoms with Gasteiger partial charge >= 0.3 is 6.01 Å². The van der Waals surface area contributed by atoms with Gasteiger partial charge in [0.15, 0.2) is 0 Å². The maximum Gasteiger partial charge on any atom is 0.316 e. The van der Waals surface area contributed by atoms with Crippen molar-refractivity contribution in [3.8, 4) is 11.5 Å². The van der Waals surface area contributed by atoms with E-state index in [-0.39, 0.29) is 18.0 Å². The molecule has 0 bridgehead atoms. The number of carbonyl (C=O) groups excluding carboxylic acids is 1. The lowest BCUT2D eigenvalue weighted by Crippen LogP contribution is -2.43. The van der Waals surface area contributed by atoms with E-state index in [1.165, 1.54) is 18.4 Å². The van der Waals surface area contributed by atoms with E-state index in [0.29, 0.717) is 17.3 Å². The molecule has 1 saturated carbocycles. The lowest BCUT2D eigenvalue weighted by molar-refractivity contribution is -0.132.